The largest absolute Gasteiger partial charge is 0.495 e. The zero-order valence-electron chi connectivity index (χ0n) is 11.8. The van der Waals surface area contributed by atoms with Crippen LogP contribution in [0.1, 0.15) is 25.5 Å². The lowest BCUT2D eigenvalue weighted by Gasteiger charge is -2.10. The molecule has 0 saturated heterocycles. The quantitative estimate of drug-likeness (QED) is 0.883. The average molecular weight is 330 g/mol. The fraction of sp³-hybridized carbons (Fsp3) is 0.308. The summed E-state index contributed by atoms with van der Waals surface area (Å²) in [6.07, 6.45) is 0. The summed E-state index contributed by atoms with van der Waals surface area (Å²) < 4.78 is 32.2. The minimum Gasteiger partial charge on any atom is -0.495 e. The summed E-state index contributed by atoms with van der Waals surface area (Å²) >= 11 is 5.83. The highest BCUT2D eigenvalue weighted by Gasteiger charge is 2.21. The molecule has 2 aromatic rings. The van der Waals surface area contributed by atoms with Gasteiger partial charge in [-0.3, -0.25) is 9.82 Å². The van der Waals surface area contributed by atoms with Crippen LogP contribution >= 0.6 is 11.6 Å². The van der Waals surface area contributed by atoms with E-state index in [0.29, 0.717) is 5.02 Å². The third-order valence-corrected chi connectivity index (χ3v) is 4.50. The SMILES string of the molecule is COc1cc(Cl)ccc1S(=O)(=O)Nc1cc(C(C)C)[nH]n1. The van der Waals surface area contributed by atoms with Crippen LogP contribution in [0.25, 0.3) is 0 Å². The number of nitrogens with zero attached hydrogens (tertiary/aromatic N) is 1. The van der Waals surface area contributed by atoms with Crippen LogP contribution in [0.3, 0.4) is 0 Å². The van der Waals surface area contributed by atoms with Crippen molar-refractivity contribution in [2.45, 2.75) is 24.7 Å². The third-order valence-electron chi connectivity index (χ3n) is 2.87. The molecule has 1 aromatic carbocycles. The topological polar surface area (TPSA) is 84.1 Å². The number of aromatic amines is 1. The van der Waals surface area contributed by atoms with Crippen molar-refractivity contribution in [3.05, 3.63) is 35.0 Å². The van der Waals surface area contributed by atoms with Gasteiger partial charge in [0, 0.05) is 22.8 Å². The average Bonchev–Trinajstić information content (AvgIpc) is 2.86. The highest BCUT2D eigenvalue weighted by molar-refractivity contribution is 7.92. The third kappa shape index (κ3) is 3.48. The lowest BCUT2D eigenvalue weighted by Crippen LogP contribution is -2.14. The van der Waals surface area contributed by atoms with Gasteiger partial charge >= 0.3 is 0 Å². The van der Waals surface area contributed by atoms with E-state index in [1.165, 1.54) is 25.3 Å². The van der Waals surface area contributed by atoms with Gasteiger partial charge in [-0.2, -0.15) is 5.10 Å². The molecule has 2 rings (SSSR count). The molecule has 21 heavy (non-hydrogen) atoms. The van der Waals surface area contributed by atoms with Gasteiger partial charge in [0.1, 0.15) is 10.6 Å². The van der Waals surface area contributed by atoms with Gasteiger partial charge in [-0.25, -0.2) is 8.42 Å². The maximum atomic E-state index is 12.4. The van der Waals surface area contributed by atoms with Gasteiger partial charge in [0.05, 0.1) is 7.11 Å². The Morgan fingerprint density at radius 2 is 2.05 bits per heavy atom. The Morgan fingerprint density at radius 3 is 2.62 bits per heavy atom. The summed E-state index contributed by atoms with van der Waals surface area (Å²) in [5.74, 6) is 0.631. The summed E-state index contributed by atoms with van der Waals surface area (Å²) in [7, 11) is -2.42. The van der Waals surface area contributed by atoms with E-state index in [1.54, 1.807) is 6.07 Å². The molecule has 1 heterocycles. The van der Waals surface area contributed by atoms with Crippen molar-refractivity contribution in [3.8, 4) is 5.75 Å². The van der Waals surface area contributed by atoms with Gasteiger partial charge in [0.15, 0.2) is 5.82 Å². The summed E-state index contributed by atoms with van der Waals surface area (Å²) in [4.78, 5) is 0.00324. The van der Waals surface area contributed by atoms with Crippen LogP contribution in [0.4, 0.5) is 5.82 Å². The molecule has 0 spiro atoms. The number of aromatic nitrogens is 2. The summed E-state index contributed by atoms with van der Waals surface area (Å²) in [6, 6.07) is 5.98. The molecule has 114 valence electrons. The predicted molar refractivity (Wildman–Crippen MR) is 81.5 cm³/mol. The van der Waals surface area contributed by atoms with Crippen LogP contribution in [0, 0.1) is 0 Å². The van der Waals surface area contributed by atoms with Crippen molar-refractivity contribution in [3.63, 3.8) is 0 Å². The van der Waals surface area contributed by atoms with E-state index in [2.05, 4.69) is 14.9 Å². The number of rotatable bonds is 5. The molecule has 0 aliphatic heterocycles. The van der Waals surface area contributed by atoms with Gasteiger partial charge in [-0.05, 0) is 18.1 Å². The molecule has 0 radical (unpaired) electrons. The van der Waals surface area contributed by atoms with Crippen LogP contribution < -0.4 is 9.46 Å². The highest BCUT2D eigenvalue weighted by Crippen LogP contribution is 2.28. The van der Waals surface area contributed by atoms with Crippen molar-refractivity contribution in [1.82, 2.24) is 10.2 Å². The maximum Gasteiger partial charge on any atom is 0.266 e. The Kier molecular flexibility index (Phi) is 4.43. The highest BCUT2D eigenvalue weighted by atomic mass is 35.5. The zero-order chi connectivity index (χ0) is 15.6. The number of ether oxygens (including phenoxy) is 1. The minimum absolute atomic E-state index is 0.00324. The second-order valence-corrected chi connectivity index (χ2v) is 6.85. The van der Waals surface area contributed by atoms with Crippen molar-refractivity contribution in [2.75, 3.05) is 11.8 Å². The van der Waals surface area contributed by atoms with E-state index in [4.69, 9.17) is 16.3 Å². The molecule has 6 nitrogen and oxygen atoms in total. The summed E-state index contributed by atoms with van der Waals surface area (Å²) in [5, 5.41) is 7.12. The zero-order valence-corrected chi connectivity index (χ0v) is 13.4. The number of methoxy groups -OCH3 is 1. The first kappa shape index (κ1) is 15.7. The first-order valence-electron chi connectivity index (χ1n) is 6.25. The maximum absolute atomic E-state index is 12.4. The Labute approximate surface area is 128 Å². The number of sulfonamides is 1. The molecular formula is C13H16ClN3O3S. The fourth-order valence-corrected chi connectivity index (χ4v) is 3.05. The summed E-state index contributed by atoms with van der Waals surface area (Å²) in [5.41, 5.74) is 0.843. The minimum atomic E-state index is -3.80. The van der Waals surface area contributed by atoms with Crippen LogP contribution in [0.2, 0.25) is 5.02 Å². The van der Waals surface area contributed by atoms with E-state index in [0.717, 1.165) is 5.69 Å². The van der Waals surface area contributed by atoms with E-state index in [9.17, 15) is 8.42 Å². The summed E-state index contributed by atoms with van der Waals surface area (Å²) in [6.45, 7) is 3.96. The molecule has 8 heteroatoms. The van der Waals surface area contributed by atoms with Crippen molar-refractivity contribution >= 4 is 27.4 Å². The van der Waals surface area contributed by atoms with Gasteiger partial charge < -0.3 is 4.74 Å². The normalized spacial score (nSPS) is 11.7. The smallest absolute Gasteiger partial charge is 0.266 e. The van der Waals surface area contributed by atoms with Crippen molar-refractivity contribution < 1.29 is 13.2 Å². The second kappa shape index (κ2) is 5.95. The number of halogens is 1. The molecule has 0 saturated carbocycles. The number of benzene rings is 1. The first-order valence-corrected chi connectivity index (χ1v) is 8.11. The van der Waals surface area contributed by atoms with E-state index >= 15 is 0 Å². The van der Waals surface area contributed by atoms with Crippen LogP contribution in [-0.2, 0) is 10.0 Å². The Morgan fingerprint density at radius 1 is 1.33 bits per heavy atom. The number of hydrogen-bond donors (Lipinski definition) is 2. The van der Waals surface area contributed by atoms with Crippen molar-refractivity contribution in [2.24, 2.45) is 0 Å². The van der Waals surface area contributed by atoms with Crippen LogP contribution in [0.5, 0.6) is 5.75 Å². The van der Waals surface area contributed by atoms with Gasteiger partial charge in [0.2, 0.25) is 0 Å². The number of H-pyrrole nitrogens is 1. The fourth-order valence-electron chi connectivity index (χ4n) is 1.74. The lowest BCUT2D eigenvalue weighted by molar-refractivity contribution is 0.403. The van der Waals surface area contributed by atoms with Gasteiger partial charge in [-0.15, -0.1) is 0 Å². The lowest BCUT2D eigenvalue weighted by atomic mass is 10.1. The molecule has 0 fully saturated rings. The molecule has 1 aromatic heterocycles. The van der Waals surface area contributed by atoms with Crippen LogP contribution in [-0.4, -0.2) is 25.7 Å². The second-order valence-electron chi connectivity index (χ2n) is 4.76. The predicted octanol–water partition coefficient (Wildman–Crippen LogP) is 3.00. The molecular weight excluding hydrogens is 314 g/mol. The number of nitrogens with one attached hydrogen (secondary N) is 2. The molecule has 0 unspecified atom stereocenters. The molecule has 0 aliphatic rings. The van der Waals surface area contributed by atoms with Crippen molar-refractivity contribution in [1.29, 1.82) is 0 Å². The standard InChI is InChI=1S/C13H16ClN3O3S/c1-8(2)10-7-13(16-15-10)17-21(18,19)12-5-4-9(14)6-11(12)20-3/h4-8H,1-3H3,(H2,15,16,17). The Hall–Kier alpha value is -1.73. The Balaban J connectivity index is 2.33. The molecule has 2 N–H and O–H groups in total. The van der Waals surface area contributed by atoms with E-state index in [-0.39, 0.29) is 22.4 Å². The molecule has 0 bridgehead atoms. The monoisotopic (exact) mass is 329 g/mol. The molecule has 0 amide bonds. The molecule has 0 aliphatic carbocycles. The number of hydrogen-bond acceptors (Lipinski definition) is 4. The Bertz CT molecular complexity index is 741. The number of anilines is 1. The first-order chi connectivity index (χ1) is 9.83. The molecule has 0 atom stereocenters. The van der Waals surface area contributed by atoms with E-state index < -0.39 is 10.0 Å². The van der Waals surface area contributed by atoms with E-state index in [1.807, 2.05) is 13.8 Å². The van der Waals surface area contributed by atoms with Gasteiger partial charge in [-0.1, -0.05) is 25.4 Å². The van der Waals surface area contributed by atoms with Crippen LogP contribution in [0.15, 0.2) is 29.2 Å². The van der Waals surface area contributed by atoms with Gasteiger partial charge in [0.25, 0.3) is 10.0 Å².